The molecule has 1 aliphatic rings. The molecule has 2 heterocycles. The molecule has 1 aromatic carbocycles. The van der Waals surface area contributed by atoms with Crippen LogP contribution in [0.4, 0.5) is 5.69 Å². The summed E-state index contributed by atoms with van der Waals surface area (Å²) in [4.78, 5) is 11.1. The van der Waals surface area contributed by atoms with Gasteiger partial charge in [-0.25, -0.2) is 0 Å². The van der Waals surface area contributed by atoms with Gasteiger partial charge in [-0.15, -0.1) is 24.0 Å². The first-order valence-corrected chi connectivity index (χ1v) is 10.3. The highest BCUT2D eigenvalue weighted by Crippen LogP contribution is 2.30. The zero-order valence-electron chi connectivity index (χ0n) is 18.8. The van der Waals surface area contributed by atoms with Crippen LogP contribution in [-0.4, -0.2) is 63.0 Å². The summed E-state index contributed by atoms with van der Waals surface area (Å²) < 4.78 is 16.1. The molecule has 1 unspecified atom stereocenters. The molecule has 0 spiro atoms. The Balaban J connectivity index is 0.00000341. The van der Waals surface area contributed by atoms with Gasteiger partial charge in [-0.2, -0.15) is 4.98 Å². The number of halogens is 1. The molecule has 1 saturated heterocycles. The minimum atomic E-state index is 0. The number of nitrogens with one attached hydrogen (secondary N) is 2. The fourth-order valence-electron chi connectivity index (χ4n) is 3.37. The Kier molecular flexibility index (Phi) is 9.66. The number of hydrogen-bond donors (Lipinski definition) is 2. The van der Waals surface area contributed by atoms with Crippen molar-refractivity contribution in [1.82, 2.24) is 20.8 Å². The van der Waals surface area contributed by atoms with Gasteiger partial charge in [-0.05, 0) is 6.42 Å². The summed E-state index contributed by atoms with van der Waals surface area (Å²) in [5.41, 5.74) is 1.09. The van der Waals surface area contributed by atoms with Crippen molar-refractivity contribution in [1.29, 1.82) is 0 Å². The molecule has 2 N–H and O–H groups in total. The van der Waals surface area contributed by atoms with Crippen LogP contribution in [0.2, 0.25) is 0 Å². The number of benzene rings is 1. The summed E-state index contributed by atoms with van der Waals surface area (Å²) in [5.74, 6) is 4.00. The number of methoxy groups -OCH3 is 2. The van der Waals surface area contributed by atoms with Gasteiger partial charge in [0.15, 0.2) is 11.8 Å². The van der Waals surface area contributed by atoms with Gasteiger partial charge in [-0.1, -0.05) is 19.0 Å². The van der Waals surface area contributed by atoms with Crippen molar-refractivity contribution in [3.8, 4) is 11.5 Å². The third-order valence-corrected chi connectivity index (χ3v) is 5.09. The summed E-state index contributed by atoms with van der Waals surface area (Å²) in [6.45, 7) is 6.59. The summed E-state index contributed by atoms with van der Waals surface area (Å²) in [6, 6.07) is 6.25. The topological polar surface area (TPSA) is 97.0 Å². The maximum atomic E-state index is 5.39. The SMILES string of the molecule is CN=C(NCCc1nc(C(C)C)no1)NC1CCN(c2cc(OC)cc(OC)c2)C1.I. The first-order valence-electron chi connectivity index (χ1n) is 10.3. The lowest BCUT2D eigenvalue weighted by atomic mass is 10.2. The van der Waals surface area contributed by atoms with Crippen LogP contribution in [0.1, 0.15) is 37.9 Å². The molecule has 1 fully saturated rings. The largest absolute Gasteiger partial charge is 0.497 e. The molecule has 0 radical (unpaired) electrons. The van der Waals surface area contributed by atoms with Gasteiger partial charge in [0, 0.05) is 68.9 Å². The van der Waals surface area contributed by atoms with E-state index in [0.717, 1.165) is 48.5 Å². The Labute approximate surface area is 201 Å². The molecular formula is C21H33IN6O3. The van der Waals surface area contributed by atoms with Gasteiger partial charge >= 0.3 is 0 Å². The van der Waals surface area contributed by atoms with Crippen molar-refractivity contribution < 1.29 is 14.0 Å². The maximum Gasteiger partial charge on any atom is 0.228 e. The van der Waals surface area contributed by atoms with Crippen LogP contribution in [0.5, 0.6) is 11.5 Å². The summed E-state index contributed by atoms with van der Waals surface area (Å²) in [7, 11) is 5.11. The zero-order valence-corrected chi connectivity index (χ0v) is 21.2. The van der Waals surface area contributed by atoms with Crippen LogP contribution in [0.25, 0.3) is 0 Å². The Morgan fingerprint density at radius 1 is 1.26 bits per heavy atom. The summed E-state index contributed by atoms with van der Waals surface area (Å²) in [5, 5.41) is 10.8. The first kappa shape index (κ1) is 25.0. The molecule has 10 heteroatoms. The van der Waals surface area contributed by atoms with Gasteiger partial charge in [0.1, 0.15) is 11.5 Å². The van der Waals surface area contributed by atoms with Crippen LogP contribution < -0.4 is 25.0 Å². The molecule has 0 amide bonds. The molecule has 3 rings (SSSR count). The van der Waals surface area contributed by atoms with E-state index >= 15 is 0 Å². The van der Waals surface area contributed by atoms with E-state index in [-0.39, 0.29) is 29.9 Å². The van der Waals surface area contributed by atoms with Crippen molar-refractivity contribution in [2.24, 2.45) is 4.99 Å². The van der Waals surface area contributed by atoms with E-state index in [0.29, 0.717) is 24.9 Å². The number of rotatable bonds is 8. The Morgan fingerprint density at radius 2 is 1.97 bits per heavy atom. The third-order valence-electron chi connectivity index (χ3n) is 5.09. The second-order valence-electron chi connectivity index (χ2n) is 7.60. The lowest BCUT2D eigenvalue weighted by Gasteiger charge is -2.21. The molecule has 0 saturated carbocycles. The van der Waals surface area contributed by atoms with Crippen LogP contribution in [0, 0.1) is 0 Å². The van der Waals surface area contributed by atoms with Crippen molar-refractivity contribution in [2.45, 2.75) is 38.6 Å². The minimum absolute atomic E-state index is 0. The molecule has 172 valence electrons. The number of ether oxygens (including phenoxy) is 2. The van der Waals surface area contributed by atoms with Crippen molar-refractivity contribution >= 4 is 35.6 Å². The quantitative estimate of drug-likeness (QED) is 0.298. The number of hydrogen-bond acceptors (Lipinski definition) is 7. The average Bonchev–Trinajstić information content (AvgIpc) is 3.42. The van der Waals surface area contributed by atoms with Crippen LogP contribution in [0.15, 0.2) is 27.7 Å². The lowest BCUT2D eigenvalue weighted by molar-refractivity contribution is 0.371. The summed E-state index contributed by atoms with van der Waals surface area (Å²) >= 11 is 0. The Bertz CT molecular complexity index is 835. The molecule has 1 atom stereocenters. The molecule has 0 bridgehead atoms. The molecule has 0 aliphatic carbocycles. The number of guanidine groups is 1. The van der Waals surface area contributed by atoms with E-state index in [1.807, 2.05) is 32.0 Å². The van der Waals surface area contributed by atoms with E-state index in [1.54, 1.807) is 21.3 Å². The fraction of sp³-hybridized carbons (Fsp3) is 0.571. The molecule has 31 heavy (non-hydrogen) atoms. The van der Waals surface area contributed by atoms with Crippen molar-refractivity contribution in [3.63, 3.8) is 0 Å². The Morgan fingerprint density at radius 3 is 2.55 bits per heavy atom. The number of aliphatic imine (C=N–C) groups is 1. The number of aromatic nitrogens is 2. The maximum absolute atomic E-state index is 5.39. The van der Waals surface area contributed by atoms with Crippen molar-refractivity contribution in [2.75, 3.05) is 45.8 Å². The monoisotopic (exact) mass is 544 g/mol. The third kappa shape index (κ3) is 6.88. The van der Waals surface area contributed by atoms with E-state index < -0.39 is 0 Å². The minimum Gasteiger partial charge on any atom is -0.497 e. The number of anilines is 1. The fourth-order valence-corrected chi connectivity index (χ4v) is 3.37. The standard InChI is InChI=1S/C21H32N6O3.HI/c1-14(2)20-25-19(30-26-20)6-8-23-21(22-3)24-15-7-9-27(13-15)16-10-17(28-4)12-18(11-16)29-5;/h10-12,14-15H,6-9,13H2,1-5H3,(H2,22,23,24);1H. The second-order valence-corrected chi connectivity index (χ2v) is 7.60. The molecule has 1 aromatic heterocycles. The lowest BCUT2D eigenvalue weighted by Crippen LogP contribution is -2.45. The summed E-state index contributed by atoms with van der Waals surface area (Å²) in [6.07, 6.45) is 1.67. The second kappa shape index (κ2) is 12.0. The van der Waals surface area contributed by atoms with Crippen LogP contribution in [0.3, 0.4) is 0 Å². The van der Waals surface area contributed by atoms with Gasteiger partial charge < -0.3 is 29.5 Å². The molecule has 9 nitrogen and oxygen atoms in total. The van der Waals surface area contributed by atoms with E-state index in [1.165, 1.54) is 0 Å². The van der Waals surface area contributed by atoms with Gasteiger partial charge in [0.2, 0.25) is 5.89 Å². The highest BCUT2D eigenvalue weighted by Gasteiger charge is 2.24. The molecule has 1 aliphatic heterocycles. The highest BCUT2D eigenvalue weighted by atomic mass is 127. The molecule has 2 aromatic rings. The highest BCUT2D eigenvalue weighted by molar-refractivity contribution is 14.0. The van der Waals surface area contributed by atoms with Gasteiger partial charge in [0.05, 0.1) is 14.2 Å². The Hall–Kier alpha value is -2.24. The van der Waals surface area contributed by atoms with Crippen LogP contribution >= 0.6 is 24.0 Å². The van der Waals surface area contributed by atoms with E-state index in [4.69, 9.17) is 14.0 Å². The predicted octanol–water partition coefficient (Wildman–Crippen LogP) is 2.81. The molecular weight excluding hydrogens is 511 g/mol. The average molecular weight is 544 g/mol. The van der Waals surface area contributed by atoms with Crippen molar-refractivity contribution in [3.05, 3.63) is 29.9 Å². The predicted molar refractivity (Wildman–Crippen MR) is 132 cm³/mol. The van der Waals surface area contributed by atoms with Gasteiger partial charge in [-0.3, -0.25) is 4.99 Å². The van der Waals surface area contributed by atoms with E-state index in [2.05, 4.69) is 30.7 Å². The normalized spacial score (nSPS) is 16.3. The smallest absolute Gasteiger partial charge is 0.228 e. The van der Waals surface area contributed by atoms with Gasteiger partial charge in [0.25, 0.3) is 0 Å². The first-order chi connectivity index (χ1) is 14.5. The zero-order chi connectivity index (χ0) is 21.5. The van der Waals surface area contributed by atoms with E-state index in [9.17, 15) is 0 Å². The van der Waals surface area contributed by atoms with Crippen LogP contribution in [-0.2, 0) is 6.42 Å². The number of nitrogens with zero attached hydrogens (tertiary/aromatic N) is 4.